The van der Waals surface area contributed by atoms with Crippen molar-refractivity contribution in [2.45, 2.75) is 12.7 Å². The van der Waals surface area contributed by atoms with Crippen LogP contribution in [-0.2, 0) is 12.7 Å². The molecule has 0 saturated carbocycles. The van der Waals surface area contributed by atoms with Gasteiger partial charge in [-0.2, -0.15) is 18.3 Å². The standard InChI is InChI=1S/C25H20F3N5O2.2ClH/c26-25(27,28)22-14-21(33(32-22)20-11-4-6-16(12-20)15-29)24(35)31-19-10-5-7-17(13-19)23(34)30-18-8-2-1-3-9-18;;/h1-14H,15,29H2,(H,30,34)(H,31,35);2*1H. The van der Waals surface area contributed by atoms with Gasteiger partial charge in [0.1, 0.15) is 5.69 Å². The molecule has 0 unspecified atom stereocenters. The zero-order chi connectivity index (χ0) is 25.0. The number of hydrogen-bond acceptors (Lipinski definition) is 4. The quantitative estimate of drug-likeness (QED) is 0.286. The molecule has 0 aliphatic heterocycles. The van der Waals surface area contributed by atoms with Gasteiger partial charge in [-0.1, -0.05) is 36.4 Å². The fraction of sp³-hybridized carbons (Fsp3) is 0.0800. The van der Waals surface area contributed by atoms with Crippen molar-refractivity contribution in [1.82, 2.24) is 9.78 Å². The highest BCUT2D eigenvalue weighted by Gasteiger charge is 2.36. The van der Waals surface area contributed by atoms with E-state index < -0.39 is 23.7 Å². The van der Waals surface area contributed by atoms with Crippen molar-refractivity contribution >= 4 is 48.0 Å². The number of nitrogens with two attached hydrogens (primary N) is 1. The summed E-state index contributed by atoms with van der Waals surface area (Å²) in [5, 5.41) is 8.89. The van der Waals surface area contributed by atoms with Crippen LogP contribution in [-0.4, -0.2) is 21.6 Å². The Kier molecular flexibility index (Phi) is 9.84. The number of nitrogens with one attached hydrogen (secondary N) is 2. The Morgan fingerprint density at radius 3 is 2.14 bits per heavy atom. The number of para-hydroxylation sites is 1. The fourth-order valence-corrected chi connectivity index (χ4v) is 3.35. The predicted molar refractivity (Wildman–Crippen MR) is 140 cm³/mol. The molecule has 1 aromatic heterocycles. The first-order chi connectivity index (χ1) is 16.7. The van der Waals surface area contributed by atoms with Gasteiger partial charge in [0.05, 0.1) is 5.69 Å². The fourth-order valence-electron chi connectivity index (χ4n) is 3.35. The van der Waals surface area contributed by atoms with Crippen molar-refractivity contribution in [2.75, 3.05) is 10.6 Å². The summed E-state index contributed by atoms with van der Waals surface area (Å²) in [5.41, 5.74) is 6.09. The number of halogens is 5. The Morgan fingerprint density at radius 1 is 0.811 bits per heavy atom. The lowest BCUT2D eigenvalue weighted by Gasteiger charge is -2.11. The van der Waals surface area contributed by atoms with Crippen LogP contribution in [0.5, 0.6) is 0 Å². The summed E-state index contributed by atoms with van der Waals surface area (Å²) < 4.78 is 41.1. The Balaban J connectivity index is 0.00000241. The molecule has 0 bridgehead atoms. The SMILES string of the molecule is Cl.Cl.NCc1cccc(-n2nc(C(F)(F)F)cc2C(=O)Nc2cccc(C(=O)Nc3ccccc3)c2)c1. The van der Waals surface area contributed by atoms with Gasteiger partial charge in [-0.15, -0.1) is 24.8 Å². The molecule has 1 heterocycles. The van der Waals surface area contributed by atoms with Crippen molar-refractivity contribution in [3.05, 3.63) is 107 Å². The molecule has 7 nitrogen and oxygen atoms in total. The van der Waals surface area contributed by atoms with E-state index >= 15 is 0 Å². The lowest BCUT2D eigenvalue weighted by atomic mass is 10.1. The monoisotopic (exact) mass is 551 g/mol. The molecular formula is C25H22Cl2F3N5O2. The third-order valence-electron chi connectivity index (χ3n) is 5.04. The second-order valence-electron chi connectivity index (χ2n) is 7.55. The van der Waals surface area contributed by atoms with Gasteiger partial charge in [-0.25, -0.2) is 4.68 Å². The Hall–Kier alpha value is -3.86. The molecule has 0 radical (unpaired) electrons. The van der Waals surface area contributed by atoms with Gasteiger partial charge in [0, 0.05) is 29.5 Å². The van der Waals surface area contributed by atoms with Crippen molar-refractivity contribution in [2.24, 2.45) is 5.73 Å². The molecule has 4 N–H and O–H groups in total. The van der Waals surface area contributed by atoms with E-state index in [4.69, 9.17) is 5.73 Å². The van der Waals surface area contributed by atoms with E-state index in [0.29, 0.717) is 17.3 Å². The molecule has 12 heteroatoms. The van der Waals surface area contributed by atoms with Gasteiger partial charge in [0.2, 0.25) is 0 Å². The Morgan fingerprint density at radius 2 is 1.46 bits per heavy atom. The number of hydrogen-bond donors (Lipinski definition) is 3. The van der Waals surface area contributed by atoms with Crippen LogP contribution in [0.2, 0.25) is 0 Å². The molecule has 0 saturated heterocycles. The number of benzene rings is 3. The highest BCUT2D eigenvalue weighted by Crippen LogP contribution is 2.30. The topological polar surface area (TPSA) is 102 Å². The number of nitrogens with zero attached hydrogens (tertiary/aromatic N) is 2. The lowest BCUT2D eigenvalue weighted by molar-refractivity contribution is -0.141. The molecule has 0 spiro atoms. The van der Waals surface area contributed by atoms with Gasteiger partial charge in [0.25, 0.3) is 11.8 Å². The first-order valence-electron chi connectivity index (χ1n) is 10.5. The average Bonchev–Trinajstić information content (AvgIpc) is 3.31. The maximum absolute atomic E-state index is 13.4. The molecular weight excluding hydrogens is 530 g/mol. The van der Waals surface area contributed by atoms with E-state index in [2.05, 4.69) is 15.7 Å². The first kappa shape index (κ1) is 29.4. The number of carbonyl (C=O) groups is 2. The van der Waals surface area contributed by atoms with Crippen LogP contribution in [0, 0.1) is 0 Å². The lowest BCUT2D eigenvalue weighted by Crippen LogP contribution is -2.18. The molecule has 0 fully saturated rings. The summed E-state index contributed by atoms with van der Waals surface area (Å²) in [6, 6.07) is 21.9. The zero-order valence-electron chi connectivity index (χ0n) is 19.0. The van der Waals surface area contributed by atoms with E-state index in [-0.39, 0.29) is 54.0 Å². The summed E-state index contributed by atoms with van der Waals surface area (Å²) in [7, 11) is 0. The van der Waals surface area contributed by atoms with Crippen molar-refractivity contribution in [3.8, 4) is 5.69 Å². The number of anilines is 2. The van der Waals surface area contributed by atoms with Crippen molar-refractivity contribution in [3.63, 3.8) is 0 Å². The summed E-state index contributed by atoms with van der Waals surface area (Å²) in [6.07, 6.45) is -4.75. The molecule has 3 aromatic carbocycles. The number of rotatable bonds is 6. The summed E-state index contributed by atoms with van der Waals surface area (Å²) in [6.45, 7) is 0.167. The van der Waals surface area contributed by atoms with Crippen LogP contribution in [0.1, 0.15) is 32.1 Å². The van der Waals surface area contributed by atoms with Gasteiger partial charge in [-0.3, -0.25) is 9.59 Å². The van der Waals surface area contributed by atoms with Crippen LogP contribution >= 0.6 is 24.8 Å². The molecule has 4 aromatic rings. The highest BCUT2D eigenvalue weighted by molar-refractivity contribution is 6.07. The largest absolute Gasteiger partial charge is 0.435 e. The van der Waals surface area contributed by atoms with E-state index in [1.165, 1.54) is 18.2 Å². The van der Waals surface area contributed by atoms with Gasteiger partial charge in [0.15, 0.2) is 5.69 Å². The number of amides is 2. The zero-order valence-corrected chi connectivity index (χ0v) is 20.7. The minimum absolute atomic E-state index is 0. The normalized spacial score (nSPS) is 10.6. The van der Waals surface area contributed by atoms with Crippen LogP contribution < -0.4 is 16.4 Å². The summed E-state index contributed by atoms with van der Waals surface area (Å²) in [5.74, 6) is -1.23. The van der Waals surface area contributed by atoms with Crippen LogP contribution in [0.4, 0.5) is 24.5 Å². The number of alkyl halides is 3. The maximum Gasteiger partial charge on any atom is 0.435 e. The van der Waals surface area contributed by atoms with Crippen molar-refractivity contribution in [1.29, 1.82) is 0 Å². The molecule has 2 amide bonds. The summed E-state index contributed by atoms with van der Waals surface area (Å²) in [4.78, 5) is 25.6. The maximum atomic E-state index is 13.4. The molecule has 0 aliphatic carbocycles. The smallest absolute Gasteiger partial charge is 0.326 e. The van der Waals surface area contributed by atoms with Crippen LogP contribution in [0.15, 0.2) is 84.9 Å². The van der Waals surface area contributed by atoms with Crippen LogP contribution in [0.3, 0.4) is 0 Å². The number of aromatic nitrogens is 2. The minimum atomic E-state index is -4.75. The molecule has 0 atom stereocenters. The van der Waals surface area contributed by atoms with Gasteiger partial charge < -0.3 is 16.4 Å². The first-order valence-corrected chi connectivity index (χ1v) is 10.5. The summed E-state index contributed by atoms with van der Waals surface area (Å²) >= 11 is 0. The second kappa shape index (κ2) is 12.4. The van der Waals surface area contributed by atoms with E-state index in [0.717, 1.165) is 4.68 Å². The van der Waals surface area contributed by atoms with E-state index in [1.807, 2.05) is 6.07 Å². The van der Waals surface area contributed by atoms with Crippen molar-refractivity contribution < 1.29 is 22.8 Å². The van der Waals surface area contributed by atoms with Gasteiger partial charge >= 0.3 is 6.18 Å². The number of carbonyl (C=O) groups excluding carboxylic acids is 2. The average molecular weight is 552 g/mol. The molecule has 0 aliphatic rings. The van der Waals surface area contributed by atoms with E-state index in [9.17, 15) is 22.8 Å². The van der Waals surface area contributed by atoms with Crippen LogP contribution in [0.25, 0.3) is 5.69 Å². The second-order valence-corrected chi connectivity index (χ2v) is 7.55. The highest BCUT2D eigenvalue weighted by atomic mass is 35.5. The molecule has 37 heavy (non-hydrogen) atoms. The Labute approximate surface area is 222 Å². The molecule has 4 rings (SSSR count). The van der Waals surface area contributed by atoms with E-state index in [1.54, 1.807) is 54.6 Å². The third kappa shape index (κ3) is 7.10. The van der Waals surface area contributed by atoms with Gasteiger partial charge in [-0.05, 0) is 48.0 Å². The Bertz CT molecular complexity index is 1380. The minimum Gasteiger partial charge on any atom is -0.326 e. The predicted octanol–water partition coefficient (Wildman–Crippen LogP) is 5.70. The molecule has 194 valence electrons. The third-order valence-corrected chi connectivity index (χ3v) is 5.04.